The predicted octanol–water partition coefficient (Wildman–Crippen LogP) is 2.67. The molecule has 1 N–H and O–H groups in total. The van der Waals surface area contributed by atoms with Crippen molar-refractivity contribution in [3.63, 3.8) is 0 Å². The molecule has 1 aliphatic rings. The highest BCUT2D eigenvalue weighted by Crippen LogP contribution is 2.21. The van der Waals surface area contributed by atoms with Crippen molar-refractivity contribution >= 4 is 12.1 Å². The van der Waals surface area contributed by atoms with Crippen LogP contribution in [-0.2, 0) is 20.9 Å². The van der Waals surface area contributed by atoms with Gasteiger partial charge in [-0.2, -0.15) is 0 Å². The molecule has 1 aliphatic heterocycles. The van der Waals surface area contributed by atoms with Gasteiger partial charge in [0.2, 0.25) is 0 Å². The van der Waals surface area contributed by atoms with Gasteiger partial charge in [0.1, 0.15) is 6.61 Å². The Hall–Kier alpha value is -2.08. The monoisotopic (exact) mass is 321 g/mol. The number of aliphatic carboxylic acids is 1. The van der Waals surface area contributed by atoms with Crippen LogP contribution in [-0.4, -0.2) is 47.4 Å². The second-order valence-corrected chi connectivity index (χ2v) is 5.57. The standard InChI is InChI=1S/C17H23NO5/c1-2-10-18(15(16(19)20)14-9-6-11-22-14)17(21)23-12-13-7-4-3-5-8-13/h3-5,7-8,14-15H,2,6,9-12H2,1H3,(H,19,20). The van der Waals surface area contributed by atoms with Crippen molar-refractivity contribution in [1.29, 1.82) is 0 Å². The zero-order valence-electron chi connectivity index (χ0n) is 13.3. The number of ether oxygens (including phenoxy) is 2. The first-order valence-electron chi connectivity index (χ1n) is 7.95. The molecule has 2 unspecified atom stereocenters. The lowest BCUT2D eigenvalue weighted by molar-refractivity contribution is -0.147. The lowest BCUT2D eigenvalue weighted by Crippen LogP contribution is -2.52. The number of carboxylic acids is 1. The van der Waals surface area contributed by atoms with E-state index in [2.05, 4.69) is 0 Å². The lowest BCUT2D eigenvalue weighted by Gasteiger charge is -2.31. The van der Waals surface area contributed by atoms with E-state index >= 15 is 0 Å². The molecule has 0 radical (unpaired) electrons. The van der Waals surface area contributed by atoms with Gasteiger partial charge in [-0.3, -0.25) is 4.90 Å². The summed E-state index contributed by atoms with van der Waals surface area (Å²) in [5.41, 5.74) is 0.862. The van der Waals surface area contributed by atoms with E-state index in [9.17, 15) is 14.7 Å². The molecule has 0 aliphatic carbocycles. The number of benzene rings is 1. The van der Waals surface area contributed by atoms with Gasteiger partial charge in [-0.05, 0) is 24.8 Å². The fourth-order valence-electron chi connectivity index (χ4n) is 2.73. The van der Waals surface area contributed by atoms with Crippen molar-refractivity contribution < 1.29 is 24.2 Å². The molecule has 1 aromatic rings. The van der Waals surface area contributed by atoms with Crippen LogP contribution >= 0.6 is 0 Å². The van der Waals surface area contributed by atoms with Crippen molar-refractivity contribution in [2.24, 2.45) is 0 Å². The topological polar surface area (TPSA) is 76.1 Å². The minimum atomic E-state index is -1.05. The smallest absolute Gasteiger partial charge is 0.410 e. The molecule has 1 aromatic carbocycles. The first-order valence-corrected chi connectivity index (χ1v) is 7.95. The average molecular weight is 321 g/mol. The quantitative estimate of drug-likeness (QED) is 0.835. The van der Waals surface area contributed by atoms with Crippen LogP contribution in [0.2, 0.25) is 0 Å². The first-order chi connectivity index (χ1) is 11.1. The Kier molecular flexibility index (Phi) is 6.40. The summed E-state index contributed by atoms with van der Waals surface area (Å²) in [7, 11) is 0. The highest BCUT2D eigenvalue weighted by Gasteiger charge is 2.39. The Morgan fingerprint density at radius 2 is 2.13 bits per heavy atom. The fraction of sp³-hybridized carbons (Fsp3) is 0.529. The highest BCUT2D eigenvalue weighted by molar-refractivity contribution is 5.80. The molecule has 2 atom stereocenters. The molecule has 0 spiro atoms. The van der Waals surface area contributed by atoms with Gasteiger partial charge in [0, 0.05) is 13.2 Å². The zero-order chi connectivity index (χ0) is 16.7. The maximum Gasteiger partial charge on any atom is 0.410 e. The van der Waals surface area contributed by atoms with Crippen LogP contribution in [0.25, 0.3) is 0 Å². The predicted molar refractivity (Wildman–Crippen MR) is 84.0 cm³/mol. The summed E-state index contributed by atoms with van der Waals surface area (Å²) < 4.78 is 10.8. The zero-order valence-corrected chi connectivity index (χ0v) is 13.3. The summed E-state index contributed by atoms with van der Waals surface area (Å²) >= 11 is 0. The molecule has 0 saturated carbocycles. The Morgan fingerprint density at radius 3 is 2.70 bits per heavy atom. The molecule has 1 amide bonds. The van der Waals surface area contributed by atoms with E-state index in [-0.39, 0.29) is 6.61 Å². The van der Waals surface area contributed by atoms with Crippen LogP contribution in [0.15, 0.2) is 30.3 Å². The minimum absolute atomic E-state index is 0.123. The number of hydrogen-bond acceptors (Lipinski definition) is 4. The molecule has 1 saturated heterocycles. The highest BCUT2D eigenvalue weighted by atomic mass is 16.6. The number of carbonyl (C=O) groups is 2. The number of nitrogens with zero attached hydrogens (tertiary/aromatic N) is 1. The fourth-order valence-corrected chi connectivity index (χ4v) is 2.73. The van der Waals surface area contributed by atoms with Crippen LogP contribution in [0, 0.1) is 0 Å². The Labute approximate surface area is 136 Å². The number of rotatable bonds is 7. The first kappa shape index (κ1) is 17.3. The van der Waals surface area contributed by atoms with Crippen molar-refractivity contribution in [3.8, 4) is 0 Å². The number of hydrogen-bond donors (Lipinski definition) is 1. The summed E-state index contributed by atoms with van der Waals surface area (Å²) in [6.45, 7) is 2.88. The van der Waals surface area contributed by atoms with Crippen molar-refractivity contribution in [2.75, 3.05) is 13.2 Å². The molecule has 1 fully saturated rings. The number of amides is 1. The van der Waals surface area contributed by atoms with E-state index in [0.717, 1.165) is 12.0 Å². The SMILES string of the molecule is CCCN(C(=O)OCc1ccccc1)C(C(=O)O)C1CCCO1. The largest absolute Gasteiger partial charge is 0.480 e. The van der Waals surface area contributed by atoms with Crippen LogP contribution < -0.4 is 0 Å². The van der Waals surface area contributed by atoms with Crippen LogP contribution in [0.5, 0.6) is 0 Å². The van der Waals surface area contributed by atoms with E-state index in [1.165, 1.54) is 4.90 Å². The van der Waals surface area contributed by atoms with Gasteiger partial charge in [0.15, 0.2) is 6.04 Å². The molecule has 126 valence electrons. The van der Waals surface area contributed by atoms with E-state index in [4.69, 9.17) is 9.47 Å². The molecule has 2 rings (SSSR count). The molecular weight excluding hydrogens is 298 g/mol. The van der Waals surface area contributed by atoms with Gasteiger partial charge in [-0.1, -0.05) is 37.3 Å². The van der Waals surface area contributed by atoms with Gasteiger partial charge in [0.25, 0.3) is 0 Å². The van der Waals surface area contributed by atoms with Crippen molar-refractivity contribution in [3.05, 3.63) is 35.9 Å². The van der Waals surface area contributed by atoms with Crippen molar-refractivity contribution in [1.82, 2.24) is 4.90 Å². The maximum atomic E-state index is 12.4. The molecule has 6 nitrogen and oxygen atoms in total. The molecule has 1 heterocycles. The van der Waals surface area contributed by atoms with E-state index < -0.39 is 24.2 Å². The van der Waals surface area contributed by atoms with Crippen LogP contribution in [0.1, 0.15) is 31.7 Å². The van der Waals surface area contributed by atoms with E-state index in [1.54, 1.807) is 0 Å². The average Bonchev–Trinajstić information content (AvgIpc) is 3.07. The minimum Gasteiger partial charge on any atom is -0.480 e. The molecule has 6 heteroatoms. The lowest BCUT2D eigenvalue weighted by atomic mass is 10.1. The number of carboxylic acid groups (broad SMARTS) is 1. The molecule has 0 aromatic heterocycles. The number of carbonyl (C=O) groups excluding carboxylic acids is 1. The summed E-state index contributed by atoms with van der Waals surface area (Å²) in [5.74, 6) is -1.05. The maximum absolute atomic E-state index is 12.4. The normalized spacial score (nSPS) is 18.4. The van der Waals surface area contributed by atoms with Gasteiger partial charge in [-0.15, -0.1) is 0 Å². The third-order valence-electron chi connectivity index (χ3n) is 3.81. The third kappa shape index (κ3) is 4.69. The summed E-state index contributed by atoms with van der Waals surface area (Å²) in [5, 5.41) is 9.54. The summed E-state index contributed by atoms with van der Waals surface area (Å²) in [6.07, 6.45) is 1.02. The Balaban J connectivity index is 2.05. The Morgan fingerprint density at radius 1 is 1.39 bits per heavy atom. The molecule has 0 bridgehead atoms. The second kappa shape index (κ2) is 8.53. The summed E-state index contributed by atoms with van der Waals surface area (Å²) in [6, 6.07) is 8.31. The summed E-state index contributed by atoms with van der Waals surface area (Å²) in [4.78, 5) is 25.3. The molecular formula is C17H23NO5. The van der Waals surface area contributed by atoms with Gasteiger partial charge >= 0.3 is 12.1 Å². The van der Waals surface area contributed by atoms with Crippen LogP contribution in [0.3, 0.4) is 0 Å². The van der Waals surface area contributed by atoms with Gasteiger partial charge < -0.3 is 14.6 Å². The van der Waals surface area contributed by atoms with E-state index in [1.807, 2.05) is 37.3 Å². The second-order valence-electron chi connectivity index (χ2n) is 5.57. The van der Waals surface area contributed by atoms with Gasteiger partial charge in [0.05, 0.1) is 6.10 Å². The third-order valence-corrected chi connectivity index (χ3v) is 3.81. The van der Waals surface area contributed by atoms with Crippen molar-refractivity contribution in [2.45, 2.75) is 44.9 Å². The van der Waals surface area contributed by atoms with Crippen LogP contribution in [0.4, 0.5) is 4.79 Å². The van der Waals surface area contributed by atoms with Gasteiger partial charge in [-0.25, -0.2) is 9.59 Å². The van der Waals surface area contributed by atoms with E-state index in [0.29, 0.717) is 26.0 Å². The Bertz CT molecular complexity index is 513. The molecule has 23 heavy (non-hydrogen) atoms.